The summed E-state index contributed by atoms with van der Waals surface area (Å²) in [6.07, 6.45) is 3.02. The van der Waals surface area contributed by atoms with E-state index in [1.54, 1.807) is 13.2 Å². The van der Waals surface area contributed by atoms with Gasteiger partial charge in [0.15, 0.2) is 0 Å². The van der Waals surface area contributed by atoms with Crippen LogP contribution in [0.25, 0.3) is 6.08 Å². The number of hydrogen-bond donors (Lipinski definition) is 2. The number of methoxy groups -OCH3 is 2. The standard InChI is InChI=1S/C13H13BrN4O3/c1-20-10-5-4-9(14)7-8(10)3-6-11(19)15-12-16-13(21-2)18-17-12/h3-7H,1-2H3,(H2,15,16,17,18,19)/b6-3+. The molecule has 0 radical (unpaired) electrons. The maximum absolute atomic E-state index is 11.8. The molecule has 21 heavy (non-hydrogen) atoms. The van der Waals surface area contributed by atoms with Crippen LogP contribution in [-0.4, -0.2) is 35.3 Å². The number of rotatable bonds is 5. The molecule has 2 N–H and O–H groups in total. The number of nitrogens with one attached hydrogen (secondary N) is 2. The van der Waals surface area contributed by atoms with Crippen molar-refractivity contribution in [2.24, 2.45) is 0 Å². The van der Waals surface area contributed by atoms with E-state index in [2.05, 4.69) is 36.4 Å². The topological polar surface area (TPSA) is 89.1 Å². The Morgan fingerprint density at radius 3 is 2.86 bits per heavy atom. The molecule has 7 nitrogen and oxygen atoms in total. The lowest BCUT2D eigenvalue weighted by atomic mass is 10.2. The Hall–Kier alpha value is -2.35. The lowest BCUT2D eigenvalue weighted by molar-refractivity contribution is -0.111. The van der Waals surface area contributed by atoms with E-state index >= 15 is 0 Å². The van der Waals surface area contributed by atoms with Crippen molar-refractivity contribution in [1.29, 1.82) is 0 Å². The molecule has 2 aromatic rings. The normalized spacial score (nSPS) is 10.6. The molecule has 0 bridgehead atoms. The van der Waals surface area contributed by atoms with Gasteiger partial charge in [-0.05, 0) is 24.3 Å². The summed E-state index contributed by atoms with van der Waals surface area (Å²) in [6.45, 7) is 0. The van der Waals surface area contributed by atoms with Crippen LogP contribution >= 0.6 is 15.9 Å². The maximum Gasteiger partial charge on any atom is 0.336 e. The van der Waals surface area contributed by atoms with Crippen LogP contribution in [0.4, 0.5) is 5.95 Å². The van der Waals surface area contributed by atoms with E-state index < -0.39 is 0 Å². The van der Waals surface area contributed by atoms with Crippen molar-refractivity contribution in [3.05, 3.63) is 34.3 Å². The number of benzene rings is 1. The smallest absolute Gasteiger partial charge is 0.336 e. The van der Waals surface area contributed by atoms with Gasteiger partial charge in [0.25, 0.3) is 5.91 Å². The first-order valence-corrected chi connectivity index (χ1v) is 6.70. The highest BCUT2D eigenvalue weighted by Gasteiger charge is 2.05. The minimum atomic E-state index is -0.351. The number of halogens is 1. The van der Waals surface area contributed by atoms with Gasteiger partial charge in [-0.3, -0.25) is 10.1 Å². The molecule has 110 valence electrons. The number of amides is 1. The Balaban J connectivity index is 2.06. The molecule has 0 fully saturated rings. The van der Waals surface area contributed by atoms with Gasteiger partial charge in [0.2, 0.25) is 5.95 Å². The summed E-state index contributed by atoms with van der Waals surface area (Å²) < 4.78 is 10.9. The average Bonchev–Trinajstić information content (AvgIpc) is 2.93. The zero-order valence-corrected chi connectivity index (χ0v) is 13.0. The molecule has 0 unspecified atom stereocenters. The van der Waals surface area contributed by atoms with E-state index in [0.717, 1.165) is 10.0 Å². The largest absolute Gasteiger partial charge is 0.496 e. The van der Waals surface area contributed by atoms with Crippen molar-refractivity contribution in [3.63, 3.8) is 0 Å². The zero-order chi connectivity index (χ0) is 15.2. The SMILES string of the molecule is COc1n[nH]c(NC(=O)/C=C/c2cc(Br)ccc2OC)n1. The molecule has 2 rings (SSSR count). The number of H-pyrrole nitrogens is 1. The Morgan fingerprint density at radius 1 is 1.38 bits per heavy atom. The minimum absolute atomic E-state index is 0.155. The van der Waals surface area contributed by atoms with Crippen LogP contribution in [0.15, 0.2) is 28.7 Å². The highest BCUT2D eigenvalue weighted by atomic mass is 79.9. The average molecular weight is 353 g/mol. The van der Waals surface area contributed by atoms with Crippen molar-refractivity contribution >= 4 is 33.9 Å². The van der Waals surface area contributed by atoms with E-state index in [1.807, 2.05) is 18.2 Å². The van der Waals surface area contributed by atoms with Gasteiger partial charge in [0.05, 0.1) is 14.2 Å². The van der Waals surface area contributed by atoms with Crippen LogP contribution in [-0.2, 0) is 4.79 Å². The number of aromatic nitrogens is 3. The van der Waals surface area contributed by atoms with Crippen LogP contribution < -0.4 is 14.8 Å². The molecule has 1 amide bonds. The van der Waals surface area contributed by atoms with Crippen LogP contribution in [0, 0.1) is 0 Å². The predicted molar refractivity (Wildman–Crippen MR) is 81.3 cm³/mol. The second-order valence-electron chi connectivity index (χ2n) is 3.88. The van der Waals surface area contributed by atoms with E-state index in [1.165, 1.54) is 13.2 Å². The number of carbonyl (C=O) groups is 1. The molecule has 0 aliphatic rings. The molecular weight excluding hydrogens is 340 g/mol. The molecule has 0 saturated heterocycles. The molecule has 0 atom stereocenters. The summed E-state index contributed by atoms with van der Waals surface area (Å²) >= 11 is 3.37. The van der Waals surface area contributed by atoms with Gasteiger partial charge in [-0.1, -0.05) is 15.9 Å². The molecule has 0 aliphatic carbocycles. The lowest BCUT2D eigenvalue weighted by Gasteiger charge is -2.04. The molecule has 0 saturated carbocycles. The Labute approximate surface area is 129 Å². The summed E-state index contributed by atoms with van der Waals surface area (Å²) in [7, 11) is 3.01. The van der Waals surface area contributed by atoms with Crippen LogP contribution in [0.2, 0.25) is 0 Å². The third-order valence-electron chi connectivity index (χ3n) is 2.50. The molecule has 1 aromatic heterocycles. The Bertz CT molecular complexity index is 669. The second kappa shape index (κ2) is 6.89. The highest BCUT2D eigenvalue weighted by molar-refractivity contribution is 9.10. The second-order valence-corrected chi connectivity index (χ2v) is 4.80. The van der Waals surface area contributed by atoms with Gasteiger partial charge in [0.1, 0.15) is 5.75 Å². The van der Waals surface area contributed by atoms with Crippen molar-refractivity contribution in [2.75, 3.05) is 19.5 Å². The fraction of sp³-hybridized carbons (Fsp3) is 0.154. The maximum atomic E-state index is 11.8. The van der Waals surface area contributed by atoms with Crippen molar-refractivity contribution < 1.29 is 14.3 Å². The third-order valence-corrected chi connectivity index (χ3v) is 2.99. The van der Waals surface area contributed by atoms with Crippen LogP contribution in [0.1, 0.15) is 5.56 Å². The summed E-state index contributed by atoms with van der Waals surface area (Å²) in [5.41, 5.74) is 0.775. The predicted octanol–water partition coefficient (Wildman–Crippen LogP) is 2.24. The highest BCUT2D eigenvalue weighted by Crippen LogP contribution is 2.24. The summed E-state index contributed by atoms with van der Waals surface area (Å²) in [5.74, 6) is 0.530. The molecule has 0 spiro atoms. The van der Waals surface area contributed by atoms with Gasteiger partial charge < -0.3 is 9.47 Å². The van der Waals surface area contributed by atoms with Crippen LogP contribution in [0.5, 0.6) is 11.8 Å². The monoisotopic (exact) mass is 352 g/mol. The lowest BCUT2D eigenvalue weighted by Crippen LogP contribution is -2.09. The summed E-state index contributed by atoms with van der Waals surface area (Å²) in [6, 6.07) is 5.67. The number of ether oxygens (including phenoxy) is 2. The van der Waals surface area contributed by atoms with Gasteiger partial charge in [0, 0.05) is 16.1 Å². The van der Waals surface area contributed by atoms with Gasteiger partial charge in [-0.25, -0.2) is 5.10 Å². The summed E-state index contributed by atoms with van der Waals surface area (Å²) in [5, 5.41) is 8.79. The first-order chi connectivity index (χ1) is 10.1. The fourth-order valence-electron chi connectivity index (χ4n) is 1.55. The zero-order valence-electron chi connectivity index (χ0n) is 11.4. The van der Waals surface area contributed by atoms with E-state index in [0.29, 0.717) is 5.75 Å². The van der Waals surface area contributed by atoms with Crippen molar-refractivity contribution in [2.45, 2.75) is 0 Å². The third kappa shape index (κ3) is 4.06. The van der Waals surface area contributed by atoms with Crippen LogP contribution in [0.3, 0.4) is 0 Å². The Kier molecular flexibility index (Phi) is 4.94. The van der Waals surface area contributed by atoms with E-state index in [-0.39, 0.29) is 17.9 Å². The molecule has 0 aliphatic heterocycles. The summed E-state index contributed by atoms with van der Waals surface area (Å²) in [4.78, 5) is 15.7. The molecular formula is C13H13BrN4O3. The number of nitrogens with zero attached hydrogens (tertiary/aromatic N) is 2. The van der Waals surface area contributed by atoms with E-state index in [9.17, 15) is 4.79 Å². The molecule has 8 heteroatoms. The number of anilines is 1. The quantitative estimate of drug-likeness (QED) is 0.805. The molecule has 1 aromatic carbocycles. The first-order valence-electron chi connectivity index (χ1n) is 5.91. The number of aromatic amines is 1. The van der Waals surface area contributed by atoms with Crippen molar-refractivity contribution in [3.8, 4) is 11.8 Å². The number of carbonyl (C=O) groups excluding carboxylic acids is 1. The van der Waals surface area contributed by atoms with E-state index in [4.69, 9.17) is 9.47 Å². The minimum Gasteiger partial charge on any atom is -0.496 e. The molecule has 1 heterocycles. The van der Waals surface area contributed by atoms with Gasteiger partial charge in [-0.15, -0.1) is 5.10 Å². The fourth-order valence-corrected chi connectivity index (χ4v) is 1.93. The van der Waals surface area contributed by atoms with Crippen molar-refractivity contribution in [1.82, 2.24) is 15.2 Å². The van der Waals surface area contributed by atoms with Gasteiger partial charge in [-0.2, -0.15) is 4.98 Å². The first kappa shape index (κ1) is 15.0. The Morgan fingerprint density at radius 2 is 2.19 bits per heavy atom. The van der Waals surface area contributed by atoms with Gasteiger partial charge >= 0.3 is 6.01 Å². The number of hydrogen-bond acceptors (Lipinski definition) is 5.